The topological polar surface area (TPSA) is 27.7 Å². The molecule has 0 aromatic heterocycles. The average Bonchev–Trinajstić information content (AvgIpc) is 2.66. The van der Waals surface area contributed by atoms with Crippen LogP contribution < -0.4 is 9.47 Å². The molecule has 0 N–H and O–H groups in total. The zero-order valence-electron chi connectivity index (χ0n) is 14.6. The van der Waals surface area contributed by atoms with Crippen molar-refractivity contribution >= 4 is 15.9 Å². The van der Waals surface area contributed by atoms with E-state index in [2.05, 4.69) is 46.3 Å². The molecule has 1 fully saturated rings. The number of ether oxygens (including phenoxy) is 3. The first-order chi connectivity index (χ1) is 12.2. The van der Waals surface area contributed by atoms with Crippen LogP contribution in [0.25, 0.3) is 0 Å². The third kappa shape index (κ3) is 3.06. The SMILES string of the molecule is COc1cc2c(cc1OC)[C@H]1CCCC[C@@H]1O[C@H]2c1cccc(Br)c1. The molecule has 4 heteroatoms. The van der Waals surface area contributed by atoms with Crippen molar-refractivity contribution in [2.75, 3.05) is 14.2 Å². The molecule has 0 amide bonds. The van der Waals surface area contributed by atoms with Crippen LogP contribution in [0.1, 0.15) is 54.4 Å². The number of benzene rings is 2. The van der Waals surface area contributed by atoms with Gasteiger partial charge >= 0.3 is 0 Å². The van der Waals surface area contributed by atoms with E-state index in [-0.39, 0.29) is 12.2 Å². The van der Waals surface area contributed by atoms with E-state index in [1.807, 2.05) is 6.07 Å². The highest BCUT2D eigenvalue weighted by Crippen LogP contribution is 2.49. The molecule has 1 heterocycles. The Morgan fingerprint density at radius 1 is 0.960 bits per heavy atom. The first-order valence-electron chi connectivity index (χ1n) is 8.88. The van der Waals surface area contributed by atoms with Gasteiger partial charge in [-0.05, 0) is 53.8 Å². The predicted octanol–water partition coefficient (Wildman–Crippen LogP) is 5.61. The summed E-state index contributed by atoms with van der Waals surface area (Å²) in [6, 6.07) is 12.7. The summed E-state index contributed by atoms with van der Waals surface area (Å²) in [5.74, 6) is 2.02. The Bertz CT molecular complexity index is 774. The number of rotatable bonds is 3. The lowest BCUT2D eigenvalue weighted by Gasteiger charge is -2.41. The first kappa shape index (κ1) is 16.9. The minimum absolute atomic E-state index is 0.0633. The Morgan fingerprint density at radius 2 is 1.68 bits per heavy atom. The highest BCUT2D eigenvalue weighted by atomic mass is 79.9. The Kier molecular flexibility index (Phi) is 4.74. The van der Waals surface area contributed by atoms with Gasteiger partial charge in [0.2, 0.25) is 0 Å². The zero-order valence-corrected chi connectivity index (χ0v) is 16.2. The van der Waals surface area contributed by atoms with E-state index in [1.54, 1.807) is 14.2 Å². The van der Waals surface area contributed by atoms with Crippen LogP contribution in [-0.2, 0) is 4.74 Å². The van der Waals surface area contributed by atoms with Gasteiger partial charge < -0.3 is 14.2 Å². The van der Waals surface area contributed by atoms with Crippen molar-refractivity contribution in [3.05, 3.63) is 57.6 Å². The Morgan fingerprint density at radius 3 is 2.40 bits per heavy atom. The van der Waals surface area contributed by atoms with Gasteiger partial charge in [-0.3, -0.25) is 0 Å². The first-order valence-corrected chi connectivity index (χ1v) is 9.67. The van der Waals surface area contributed by atoms with Gasteiger partial charge in [0.05, 0.1) is 20.3 Å². The zero-order chi connectivity index (χ0) is 17.4. The molecule has 25 heavy (non-hydrogen) atoms. The van der Waals surface area contributed by atoms with Crippen molar-refractivity contribution in [1.29, 1.82) is 0 Å². The lowest BCUT2D eigenvalue weighted by atomic mass is 9.76. The summed E-state index contributed by atoms with van der Waals surface area (Å²) in [6.45, 7) is 0. The van der Waals surface area contributed by atoms with Gasteiger partial charge in [-0.25, -0.2) is 0 Å². The molecular weight excluding hydrogens is 380 g/mol. The molecule has 132 valence electrons. The standard InChI is InChI=1S/C21H23BrO3/c1-23-19-11-16-15-8-3-4-9-18(15)25-21(17(16)12-20(19)24-2)13-6-5-7-14(22)10-13/h5-7,10-12,15,18,21H,3-4,8-9H2,1-2H3/t15-,18+,21+/m1/s1. The highest BCUT2D eigenvalue weighted by Gasteiger charge is 2.38. The third-order valence-electron chi connectivity index (χ3n) is 5.44. The van der Waals surface area contributed by atoms with Crippen molar-refractivity contribution in [3.8, 4) is 11.5 Å². The normalized spacial score (nSPS) is 25.0. The van der Waals surface area contributed by atoms with Crippen molar-refractivity contribution < 1.29 is 14.2 Å². The molecule has 0 saturated heterocycles. The van der Waals surface area contributed by atoms with E-state index in [0.717, 1.165) is 22.4 Å². The van der Waals surface area contributed by atoms with Gasteiger partial charge in [-0.15, -0.1) is 0 Å². The van der Waals surface area contributed by atoms with Crippen molar-refractivity contribution in [2.45, 2.75) is 43.8 Å². The van der Waals surface area contributed by atoms with Crippen LogP contribution in [0.4, 0.5) is 0 Å². The monoisotopic (exact) mass is 402 g/mol. The van der Waals surface area contributed by atoms with Gasteiger partial charge in [0, 0.05) is 10.4 Å². The Labute approximate surface area is 157 Å². The molecule has 3 nitrogen and oxygen atoms in total. The van der Waals surface area contributed by atoms with E-state index >= 15 is 0 Å². The molecule has 1 saturated carbocycles. The fraction of sp³-hybridized carbons (Fsp3) is 0.429. The molecule has 2 aromatic carbocycles. The summed E-state index contributed by atoms with van der Waals surface area (Å²) in [4.78, 5) is 0. The molecule has 0 spiro atoms. The summed E-state index contributed by atoms with van der Waals surface area (Å²) in [5, 5.41) is 0. The predicted molar refractivity (Wildman–Crippen MR) is 102 cm³/mol. The second kappa shape index (κ2) is 7.00. The van der Waals surface area contributed by atoms with Gasteiger partial charge in [0.1, 0.15) is 6.10 Å². The van der Waals surface area contributed by atoms with Crippen LogP contribution in [-0.4, -0.2) is 20.3 Å². The molecule has 1 aliphatic heterocycles. The van der Waals surface area contributed by atoms with Crippen LogP contribution >= 0.6 is 15.9 Å². The number of methoxy groups -OCH3 is 2. The minimum atomic E-state index is -0.0633. The van der Waals surface area contributed by atoms with Crippen LogP contribution in [0.15, 0.2) is 40.9 Å². The van der Waals surface area contributed by atoms with E-state index in [9.17, 15) is 0 Å². The Balaban J connectivity index is 1.87. The lowest BCUT2D eigenvalue weighted by molar-refractivity contribution is -0.0391. The summed E-state index contributed by atoms with van der Waals surface area (Å²) in [5.41, 5.74) is 3.74. The fourth-order valence-electron chi connectivity index (χ4n) is 4.25. The van der Waals surface area contributed by atoms with E-state index < -0.39 is 0 Å². The number of halogens is 1. The smallest absolute Gasteiger partial charge is 0.161 e. The largest absolute Gasteiger partial charge is 0.493 e. The van der Waals surface area contributed by atoms with E-state index in [4.69, 9.17) is 14.2 Å². The quantitative estimate of drug-likeness (QED) is 0.667. The molecule has 0 bridgehead atoms. The van der Waals surface area contributed by atoms with Crippen molar-refractivity contribution in [1.82, 2.24) is 0 Å². The molecule has 4 rings (SSSR count). The summed E-state index contributed by atoms with van der Waals surface area (Å²) in [6.07, 6.45) is 5.03. The maximum absolute atomic E-state index is 6.61. The van der Waals surface area contributed by atoms with Crippen molar-refractivity contribution in [2.24, 2.45) is 0 Å². The molecule has 0 radical (unpaired) electrons. The van der Waals surface area contributed by atoms with Gasteiger partial charge in [-0.2, -0.15) is 0 Å². The summed E-state index contributed by atoms with van der Waals surface area (Å²) >= 11 is 3.59. The summed E-state index contributed by atoms with van der Waals surface area (Å²) in [7, 11) is 3.39. The molecule has 3 atom stereocenters. The number of hydrogen-bond acceptors (Lipinski definition) is 3. The number of hydrogen-bond donors (Lipinski definition) is 0. The molecular formula is C21H23BrO3. The average molecular weight is 403 g/mol. The highest BCUT2D eigenvalue weighted by molar-refractivity contribution is 9.10. The lowest BCUT2D eigenvalue weighted by Crippen LogP contribution is -2.33. The fourth-order valence-corrected chi connectivity index (χ4v) is 4.67. The van der Waals surface area contributed by atoms with E-state index in [1.165, 1.54) is 36.0 Å². The van der Waals surface area contributed by atoms with Crippen LogP contribution in [0, 0.1) is 0 Å². The van der Waals surface area contributed by atoms with Crippen LogP contribution in [0.5, 0.6) is 11.5 Å². The maximum atomic E-state index is 6.61. The Hall–Kier alpha value is -1.52. The van der Waals surface area contributed by atoms with Crippen LogP contribution in [0.3, 0.4) is 0 Å². The van der Waals surface area contributed by atoms with Gasteiger partial charge in [0.15, 0.2) is 11.5 Å². The van der Waals surface area contributed by atoms with Gasteiger partial charge in [0.25, 0.3) is 0 Å². The van der Waals surface area contributed by atoms with Crippen molar-refractivity contribution in [3.63, 3.8) is 0 Å². The van der Waals surface area contributed by atoms with E-state index in [0.29, 0.717) is 5.92 Å². The molecule has 2 aromatic rings. The molecule has 1 aliphatic carbocycles. The molecule has 2 aliphatic rings. The minimum Gasteiger partial charge on any atom is -0.493 e. The number of fused-ring (bicyclic) bond motifs is 3. The second-order valence-electron chi connectivity index (χ2n) is 6.84. The van der Waals surface area contributed by atoms with Gasteiger partial charge in [-0.1, -0.05) is 40.9 Å². The third-order valence-corrected chi connectivity index (χ3v) is 5.93. The molecule has 0 unspecified atom stereocenters. The van der Waals surface area contributed by atoms with Crippen LogP contribution in [0.2, 0.25) is 0 Å². The summed E-state index contributed by atoms with van der Waals surface area (Å²) < 4.78 is 18.8. The maximum Gasteiger partial charge on any atom is 0.161 e. The second-order valence-corrected chi connectivity index (χ2v) is 7.75.